The second-order valence-corrected chi connectivity index (χ2v) is 8.44. The largest absolute Gasteiger partial charge is 0.392 e. The first kappa shape index (κ1) is 14.9. The number of aryl methyl sites for hydroxylation is 1. The zero-order valence-corrected chi connectivity index (χ0v) is 13.3. The number of piperidine rings is 1. The highest BCUT2D eigenvalue weighted by Crippen LogP contribution is 2.52. The van der Waals surface area contributed by atoms with Crippen LogP contribution >= 0.6 is 0 Å². The van der Waals surface area contributed by atoms with Gasteiger partial charge in [0.1, 0.15) is 4.90 Å². The molecule has 0 radical (unpaired) electrons. The Morgan fingerprint density at radius 1 is 1.38 bits per heavy atom. The summed E-state index contributed by atoms with van der Waals surface area (Å²) >= 11 is 0. The lowest BCUT2D eigenvalue weighted by molar-refractivity contribution is -0.135. The van der Waals surface area contributed by atoms with Gasteiger partial charge in [-0.2, -0.15) is 4.31 Å². The summed E-state index contributed by atoms with van der Waals surface area (Å²) in [5.41, 5.74) is 0.678. The summed E-state index contributed by atoms with van der Waals surface area (Å²) in [5, 5.41) is 10.2. The summed E-state index contributed by atoms with van der Waals surface area (Å²) in [6.45, 7) is 4.82. The average Bonchev–Trinajstić information content (AvgIpc) is 2.48. The lowest BCUT2D eigenvalue weighted by Crippen LogP contribution is -2.57. The highest BCUT2D eigenvalue weighted by Gasteiger charge is 2.52. The topological polar surface area (TPSA) is 70.5 Å². The van der Waals surface area contributed by atoms with Crippen molar-refractivity contribution in [2.45, 2.75) is 44.1 Å². The molecule has 2 heterocycles. The summed E-state index contributed by atoms with van der Waals surface area (Å²) in [6, 6.07) is 1.72. The molecule has 1 saturated carbocycles. The molecule has 21 heavy (non-hydrogen) atoms. The summed E-state index contributed by atoms with van der Waals surface area (Å²) in [5.74, 6) is 0.341. The molecular formula is C15H22N2O3S. The lowest BCUT2D eigenvalue weighted by atomic mass is 9.56. The van der Waals surface area contributed by atoms with Crippen molar-refractivity contribution < 1.29 is 13.5 Å². The van der Waals surface area contributed by atoms with E-state index < -0.39 is 10.0 Å². The van der Waals surface area contributed by atoms with Crippen LogP contribution < -0.4 is 0 Å². The zero-order valence-electron chi connectivity index (χ0n) is 12.5. The van der Waals surface area contributed by atoms with Crippen LogP contribution in [-0.4, -0.2) is 42.0 Å². The fraction of sp³-hybridized carbons (Fsp3) is 0.667. The number of pyridine rings is 1. The average molecular weight is 310 g/mol. The SMILES string of the molecule is Cc1ccncc1S(=O)(=O)N1CCC2(CC1)CC(C)C2O. The number of rotatable bonds is 2. The van der Waals surface area contributed by atoms with Gasteiger partial charge in [-0.15, -0.1) is 0 Å². The van der Waals surface area contributed by atoms with E-state index in [-0.39, 0.29) is 11.5 Å². The number of hydrogen-bond acceptors (Lipinski definition) is 4. The number of aliphatic hydroxyl groups excluding tert-OH is 1. The number of sulfonamides is 1. The molecule has 2 unspecified atom stereocenters. The second-order valence-electron chi connectivity index (χ2n) is 6.53. The molecule has 3 rings (SSSR count). The normalized spacial score (nSPS) is 29.3. The molecule has 2 aliphatic rings. The van der Waals surface area contributed by atoms with Crippen LogP contribution in [0.25, 0.3) is 0 Å². The van der Waals surface area contributed by atoms with Crippen LogP contribution in [0.3, 0.4) is 0 Å². The first-order valence-corrected chi connectivity index (χ1v) is 8.90. The molecule has 2 fully saturated rings. The lowest BCUT2D eigenvalue weighted by Gasteiger charge is -2.55. The van der Waals surface area contributed by atoms with Gasteiger partial charge in [0.2, 0.25) is 10.0 Å². The summed E-state index contributed by atoms with van der Waals surface area (Å²) in [6.07, 6.45) is 5.26. The highest BCUT2D eigenvalue weighted by atomic mass is 32.2. The van der Waals surface area contributed by atoms with E-state index in [0.29, 0.717) is 23.9 Å². The molecule has 1 saturated heterocycles. The van der Waals surface area contributed by atoms with Crippen molar-refractivity contribution in [3.05, 3.63) is 24.0 Å². The maximum atomic E-state index is 12.7. The van der Waals surface area contributed by atoms with Gasteiger partial charge < -0.3 is 5.11 Å². The van der Waals surface area contributed by atoms with Gasteiger partial charge in [-0.05, 0) is 49.1 Å². The fourth-order valence-electron chi connectivity index (χ4n) is 3.85. The van der Waals surface area contributed by atoms with Crippen LogP contribution in [-0.2, 0) is 10.0 Å². The minimum absolute atomic E-state index is 0.0462. The molecule has 2 atom stereocenters. The Morgan fingerprint density at radius 2 is 2.05 bits per heavy atom. The van der Waals surface area contributed by atoms with Crippen LogP contribution in [0, 0.1) is 18.3 Å². The van der Waals surface area contributed by atoms with Crippen LogP contribution in [0.2, 0.25) is 0 Å². The Kier molecular flexibility index (Phi) is 3.58. The number of aromatic nitrogens is 1. The van der Waals surface area contributed by atoms with Gasteiger partial charge in [0, 0.05) is 25.5 Å². The van der Waals surface area contributed by atoms with E-state index in [0.717, 1.165) is 24.8 Å². The first-order valence-electron chi connectivity index (χ1n) is 7.46. The first-order chi connectivity index (χ1) is 9.87. The number of aliphatic hydroxyl groups is 1. The van der Waals surface area contributed by atoms with Crippen LogP contribution in [0.4, 0.5) is 0 Å². The Bertz CT molecular complexity index is 636. The molecule has 116 valence electrons. The van der Waals surface area contributed by atoms with Crippen LogP contribution in [0.1, 0.15) is 31.7 Å². The molecular weight excluding hydrogens is 288 g/mol. The Hall–Kier alpha value is -0.980. The summed E-state index contributed by atoms with van der Waals surface area (Å²) < 4.78 is 26.9. The molecule has 0 aromatic carbocycles. The van der Waals surface area contributed by atoms with Crippen molar-refractivity contribution >= 4 is 10.0 Å². The van der Waals surface area contributed by atoms with Crippen molar-refractivity contribution in [3.63, 3.8) is 0 Å². The minimum Gasteiger partial charge on any atom is -0.392 e. The third-order valence-electron chi connectivity index (χ3n) is 5.22. The van der Waals surface area contributed by atoms with Gasteiger partial charge in [0.15, 0.2) is 0 Å². The summed E-state index contributed by atoms with van der Waals surface area (Å²) in [7, 11) is -3.47. The predicted molar refractivity (Wildman–Crippen MR) is 79.2 cm³/mol. The quantitative estimate of drug-likeness (QED) is 0.900. The highest BCUT2D eigenvalue weighted by molar-refractivity contribution is 7.89. The van der Waals surface area contributed by atoms with Crippen LogP contribution in [0.15, 0.2) is 23.4 Å². The Labute approximate surface area is 126 Å². The maximum absolute atomic E-state index is 12.7. The van der Waals surface area contributed by atoms with E-state index in [4.69, 9.17) is 0 Å². The molecule has 6 heteroatoms. The van der Waals surface area contributed by atoms with E-state index in [2.05, 4.69) is 11.9 Å². The monoisotopic (exact) mass is 310 g/mol. The third-order valence-corrected chi connectivity index (χ3v) is 7.25. The van der Waals surface area contributed by atoms with Crippen molar-refractivity contribution in [1.29, 1.82) is 0 Å². The van der Waals surface area contributed by atoms with Crippen molar-refractivity contribution in [1.82, 2.24) is 9.29 Å². The maximum Gasteiger partial charge on any atom is 0.244 e. The smallest absolute Gasteiger partial charge is 0.244 e. The van der Waals surface area contributed by atoms with Gasteiger partial charge in [-0.1, -0.05) is 6.92 Å². The molecule has 1 aliphatic carbocycles. The van der Waals surface area contributed by atoms with Gasteiger partial charge in [-0.3, -0.25) is 4.98 Å². The predicted octanol–water partition coefficient (Wildman–Crippen LogP) is 1.56. The van der Waals surface area contributed by atoms with Gasteiger partial charge in [0.25, 0.3) is 0 Å². The van der Waals surface area contributed by atoms with Crippen molar-refractivity contribution in [2.24, 2.45) is 11.3 Å². The molecule has 1 aliphatic heterocycles. The standard InChI is InChI=1S/C15H22N2O3S/c1-11-3-6-16-10-13(11)21(19,20)17-7-4-15(5-8-17)9-12(2)14(15)18/h3,6,10,12,14,18H,4-5,7-9H2,1-2H3. The summed E-state index contributed by atoms with van der Waals surface area (Å²) in [4.78, 5) is 4.23. The molecule has 1 N–H and O–H groups in total. The van der Waals surface area contributed by atoms with Gasteiger partial charge in [0.05, 0.1) is 6.10 Å². The Morgan fingerprint density at radius 3 is 2.57 bits per heavy atom. The third kappa shape index (κ3) is 2.29. The molecule has 5 nitrogen and oxygen atoms in total. The van der Waals surface area contributed by atoms with Crippen molar-refractivity contribution in [2.75, 3.05) is 13.1 Å². The molecule has 0 bridgehead atoms. The van der Waals surface area contributed by atoms with Crippen molar-refractivity contribution in [3.8, 4) is 0 Å². The molecule has 0 amide bonds. The number of hydrogen-bond donors (Lipinski definition) is 1. The molecule has 1 aromatic rings. The Balaban J connectivity index is 1.77. The van der Waals surface area contributed by atoms with E-state index >= 15 is 0 Å². The van der Waals surface area contributed by atoms with Crippen LogP contribution in [0.5, 0.6) is 0 Å². The zero-order chi connectivity index (χ0) is 15.3. The second kappa shape index (κ2) is 5.04. The van der Waals surface area contributed by atoms with E-state index in [1.165, 1.54) is 10.5 Å². The number of nitrogens with zero attached hydrogens (tertiary/aromatic N) is 2. The van der Waals surface area contributed by atoms with E-state index in [1.807, 2.05) is 0 Å². The fourth-order valence-corrected chi connectivity index (χ4v) is 5.46. The molecule has 1 spiro atoms. The minimum atomic E-state index is -3.47. The van der Waals surface area contributed by atoms with E-state index in [1.54, 1.807) is 19.2 Å². The van der Waals surface area contributed by atoms with Gasteiger partial charge >= 0.3 is 0 Å². The van der Waals surface area contributed by atoms with E-state index in [9.17, 15) is 13.5 Å². The van der Waals surface area contributed by atoms with Gasteiger partial charge in [-0.25, -0.2) is 8.42 Å². The molecule has 1 aromatic heterocycles.